The largest absolute Gasteiger partial charge is 0.505 e. The van der Waals surface area contributed by atoms with Crippen LogP contribution in [0.4, 0.5) is 13.6 Å². The molecule has 3 aromatic carbocycles. The fourth-order valence-electron chi connectivity index (χ4n) is 3.80. The molecule has 0 radical (unpaired) electrons. The van der Waals surface area contributed by atoms with Crippen molar-refractivity contribution in [3.05, 3.63) is 95.1 Å². The standard InChI is InChI=1S/C25H21F2NO3/c26-23-16(12-13-22(29)24(23)27)7-5-6-14-28-25(30)31-15-21-19-10-3-1-8-17(19)18-9-2-4-11-20(18)21/h1-5,7-13,21,29H,6,14-15H2,(H,28,30). The molecule has 0 heterocycles. The highest BCUT2D eigenvalue weighted by molar-refractivity contribution is 5.79. The van der Waals surface area contributed by atoms with Gasteiger partial charge in [-0.15, -0.1) is 0 Å². The average Bonchev–Trinajstić information content (AvgIpc) is 3.11. The molecule has 6 heteroatoms. The van der Waals surface area contributed by atoms with Crippen molar-refractivity contribution in [1.82, 2.24) is 5.32 Å². The lowest BCUT2D eigenvalue weighted by Gasteiger charge is -2.14. The van der Waals surface area contributed by atoms with Crippen molar-refractivity contribution in [2.75, 3.05) is 13.2 Å². The smallest absolute Gasteiger partial charge is 0.407 e. The zero-order chi connectivity index (χ0) is 21.8. The maximum Gasteiger partial charge on any atom is 0.407 e. The van der Waals surface area contributed by atoms with Crippen LogP contribution in [0, 0.1) is 11.6 Å². The first-order valence-electron chi connectivity index (χ1n) is 9.98. The zero-order valence-corrected chi connectivity index (χ0v) is 16.6. The number of hydrogen-bond donors (Lipinski definition) is 2. The predicted octanol–water partition coefficient (Wildman–Crippen LogP) is 5.61. The number of alkyl carbamates (subject to hydrolysis) is 1. The van der Waals surface area contributed by atoms with Gasteiger partial charge in [0.25, 0.3) is 0 Å². The number of amides is 1. The summed E-state index contributed by atoms with van der Waals surface area (Å²) in [6.45, 7) is 0.517. The van der Waals surface area contributed by atoms with Crippen LogP contribution in [0.3, 0.4) is 0 Å². The molecule has 0 unspecified atom stereocenters. The van der Waals surface area contributed by atoms with Gasteiger partial charge in [0.15, 0.2) is 11.6 Å². The van der Waals surface area contributed by atoms with Gasteiger partial charge in [0.2, 0.25) is 5.82 Å². The first-order chi connectivity index (χ1) is 15.1. The lowest BCUT2D eigenvalue weighted by atomic mass is 9.98. The van der Waals surface area contributed by atoms with Crippen LogP contribution in [-0.2, 0) is 4.74 Å². The topological polar surface area (TPSA) is 58.6 Å². The Labute approximate surface area is 178 Å². The van der Waals surface area contributed by atoms with E-state index in [1.165, 1.54) is 12.1 Å². The van der Waals surface area contributed by atoms with Crippen LogP contribution in [0.2, 0.25) is 0 Å². The highest BCUT2D eigenvalue weighted by Crippen LogP contribution is 2.44. The van der Waals surface area contributed by atoms with E-state index in [1.807, 2.05) is 24.3 Å². The lowest BCUT2D eigenvalue weighted by Crippen LogP contribution is -2.26. The predicted molar refractivity (Wildman–Crippen MR) is 115 cm³/mol. The molecule has 0 saturated heterocycles. The van der Waals surface area contributed by atoms with Crippen LogP contribution in [0.1, 0.15) is 29.0 Å². The van der Waals surface area contributed by atoms with Crippen molar-refractivity contribution in [2.45, 2.75) is 12.3 Å². The number of phenolic OH excluding ortho intramolecular Hbond substituents is 1. The van der Waals surface area contributed by atoms with Crippen LogP contribution in [0.5, 0.6) is 5.75 Å². The number of phenols is 1. The molecule has 0 aromatic heterocycles. The lowest BCUT2D eigenvalue weighted by molar-refractivity contribution is 0.143. The van der Waals surface area contributed by atoms with E-state index in [0.717, 1.165) is 28.3 Å². The Morgan fingerprint density at radius 1 is 0.968 bits per heavy atom. The molecule has 0 bridgehead atoms. The first kappa shape index (κ1) is 20.6. The minimum atomic E-state index is -1.28. The SMILES string of the molecule is O=C(NCCC=Cc1ccc(O)c(F)c1F)OCC1c2ccccc2-c2ccccc21. The molecule has 2 N–H and O–H groups in total. The van der Waals surface area contributed by atoms with E-state index in [2.05, 4.69) is 29.6 Å². The highest BCUT2D eigenvalue weighted by Gasteiger charge is 2.28. The summed E-state index contributed by atoms with van der Waals surface area (Å²) >= 11 is 0. The molecule has 0 saturated carbocycles. The quantitative estimate of drug-likeness (QED) is 0.509. The van der Waals surface area contributed by atoms with Crippen LogP contribution in [0.15, 0.2) is 66.7 Å². The fraction of sp³-hybridized carbons (Fsp3) is 0.160. The molecular formula is C25H21F2NO3. The van der Waals surface area contributed by atoms with Gasteiger partial charge in [0.05, 0.1) is 0 Å². The van der Waals surface area contributed by atoms with Crippen molar-refractivity contribution in [2.24, 2.45) is 0 Å². The summed E-state index contributed by atoms with van der Waals surface area (Å²) in [5.41, 5.74) is 4.63. The molecule has 1 aliphatic carbocycles. The zero-order valence-electron chi connectivity index (χ0n) is 16.6. The molecule has 0 spiro atoms. The minimum absolute atomic E-state index is 0.00888. The molecule has 0 aliphatic heterocycles. The Bertz CT molecular complexity index is 1100. The molecule has 1 amide bonds. The van der Waals surface area contributed by atoms with E-state index < -0.39 is 23.5 Å². The van der Waals surface area contributed by atoms with Gasteiger partial charge in [-0.1, -0.05) is 60.7 Å². The number of hydrogen-bond acceptors (Lipinski definition) is 3. The summed E-state index contributed by atoms with van der Waals surface area (Å²) in [4.78, 5) is 12.1. The Hall–Kier alpha value is -3.67. The van der Waals surface area contributed by atoms with E-state index in [-0.39, 0.29) is 24.6 Å². The second kappa shape index (κ2) is 9.00. The molecule has 4 nitrogen and oxygen atoms in total. The van der Waals surface area contributed by atoms with E-state index in [9.17, 15) is 13.6 Å². The summed E-state index contributed by atoms with van der Waals surface area (Å²) in [5.74, 6) is -3.13. The average molecular weight is 421 g/mol. The van der Waals surface area contributed by atoms with Crippen molar-refractivity contribution < 1.29 is 23.4 Å². The number of aromatic hydroxyl groups is 1. The highest BCUT2D eigenvalue weighted by atomic mass is 19.2. The second-order valence-corrected chi connectivity index (χ2v) is 7.25. The van der Waals surface area contributed by atoms with Gasteiger partial charge in [0, 0.05) is 18.0 Å². The normalized spacial score (nSPS) is 12.6. The van der Waals surface area contributed by atoms with Gasteiger partial charge in [0.1, 0.15) is 6.61 Å². The van der Waals surface area contributed by atoms with Crippen molar-refractivity contribution >= 4 is 12.2 Å². The van der Waals surface area contributed by atoms with Gasteiger partial charge < -0.3 is 15.2 Å². The number of fused-ring (bicyclic) bond motifs is 3. The van der Waals surface area contributed by atoms with E-state index in [4.69, 9.17) is 9.84 Å². The monoisotopic (exact) mass is 421 g/mol. The summed E-state index contributed by atoms with van der Waals surface area (Å²) in [5, 5.41) is 11.8. The Morgan fingerprint density at radius 3 is 2.29 bits per heavy atom. The summed E-state index contributed by atoms with van der Waals surface area (Å²) < 4.78 is 32.5. The van der Waals surface area contributed by atoms with Crippen LogP contribution in [-0.4, -0.2) is 24.4 Å². The Morgan fingerprint density at radius 2 is 1.61 bits per heavy atom. The fourth-order valence-corrected chi connectivity index (χ4v) is 3.80. The van der Waals surface area contributed by atoms with Gasteiger partial charge in [-0.05, 0) is 40.8 Å². The third-order valence-corrected chi connectivity index (χ3v) is 5.31. The number of nitrogens with one attached hydrogen (secondary N) is 1. The molecule has 0 fully saturated rings. The summed E-state index contributed by atoms with van der Waals surface area (Å²) in [6, 6.07) is 18.6. The molecular weight excluding hydrogens is 400 g/mol. The maximum atomic E-state index is 13.7. The molecule has 1 aliphatic rings. The van der Waals surface area contributed by atoms with Crippen molar-refractivity contribution in [1.29, 1.82) is 0 Å². The van der Waals surface area contributed by atoms with Crippen LogP contribution >= 0.6 is 0 Å². The van der Waals surface area contributed by atoms with Crippen LogP contribution in [0.25, 0.3) is 17.2 Å². The minimum Gasteiger partial charge on any atom is -0.505 e. The summed E-state index contributed by atoms with van der Waals surface area (Å²) in [6.07, 6.45) is 2.89. The number of rotatable bonds is 6. The number of carbonyl (C=O) groups excluding carboxylic acids is 1. The van der Waals surface area contributed by atoms with E-state index in [1.54, 1.807) is 6.08 Å². The van der Waals surface area contributed by atoms with Crippen LogP contribution < -0.4 is 5.32 Å². The third-order valence-electron chi connectivity index (χ3n) is 5.31. The summed E-state index contributed by atoms with van der Waals surface area (Å²) in [7, 11) is 0. The van der Waals surface area contributed by atoms with Crippen molar-refractivity contribution in [3.8, 4) is 16.9 Å². The number of carbonyl (C=O) groups is 1. The van der Waals surface area contributed by atoms with Crippen molar-refractivity contribution in [3.63, 3.8) is 0 Å². The van der Waals surface area contributed by atoms with Gasteiger partial charge in [-0.25, -0.2) is 9.18 Å². The van der Waals surface area contributed by atoms with Gasteiger partial charge >= 0.3 is 6.09 Å². The second-order valence-electron chi connectivity index (χ2n) is 7.25. The van der Waals surface area contributed by atoms with E-state index in [0.29, 0.717) is 6.42 Å². The molecule has 0 atom stereocenters. The van der Waals surface area contributed by atoms with E-state index >= 15 is 0 Å². The molecule has 4 rings (SSSR count). The molecule has 3 aromatic rings. The molecule has 31 heavy (non-hydrogen) atoms. The third kappa shape index (κ3) is 4.28. The maximum absolute atomic E-state index is 13.7. The van der Waals surface area contributed by atoms with Gasteiger partial charge in [-0.3, -0.25) is 0 Å². The number of halogens is 2. The number of benzene rings is 3. The van der Waals surface area contributed by atoms with Gasteiger partial charge in [-0.2, -0.15) is 4.39 Å². The first-order valence-corrected chi connectivity index (χ1v) is 9.98. The Kier molecular flexibility index (Phi) is 5.98. The Balaban J connectivity index is 1.28. The molecule has 158 valence electrons. The number of ether oxygens (including phenoxy) is 1.